The van der Waals surface area contributed by atoms with Gasteiger partial charge in [-0.25, -0.2) is 17.8 Å². The third-order valence-electron chi connectivity index (χ3n) is 5.37. The minimum absolute atomic E-state index is 0.0572. The smallest absolute Gasteiger partial charge is 0.282 e. The van der Waals surface area contributed by atoms with Crippen LogP contribution in [0.3, 0.4) is 0 Å². The second-order valence-electron chi connectivity index (χ2n) is 7.50. The molecule has 1 N–H and O–H groups in total. The molecule has 4 rings (SSSR count). The highest BCUT2D eigenvalue weighted by molar-refractivity contribution is 7.70. The number of nitriles is 2. The third kappa shape index (κ3) is 4.59. The fraction of sp³-hybridized carbons (Fsp3) is 0.182. The molecule has 0 aliphatic carbocycles. The zero-order valence-electron chi connectivity index (χ0n) is 18.0. The number of nitrogens with one attached hydrogen (secondary N) is 1. The zero-order valence-corrected chi connectivity index (χ0v) is 18.9. The fourth-order valence-electron chi connectivity index (χ4n) is 3.80. The average molecular weight is 499 g/mol. The Bertz CT molecular complexity index is 1470. The van der Waals surface area contributed by atoms with Gasteiger partial charge in [-0.05, 0) is 42.8 Å². The van der Waals surface area contributed by atoms with Crippen LogP contribution in [0.5, 0.6) is 0 Å². The number of halogens is 3. The molecule has 178 valence electrons. The van der Waals surface area contributed by atoms with Crippen LogP contribution in [0.25, 0.3) is 0 Å². The first-order valence-corrected chi connectivity index (χ1v) is 11.2. The Labute approximate surface area is 199 Å². The van der Waals surface area contributed by atoms with Crippen molar-refractivity contribution in [1.82, 2.24) is 19.5 Å². The van der Waals surface area contributed by atoms with E-state index in [0.29, 0.717) is 16.8 Å². The van der Waals surface area contributed by atoms with Crippen molar-refractivity contribution in [2.75, 3.05) is 4.90 Å². The van der Waals surface area contributed by atoms with E-state index < -0.39 is 28.7 Å². The summed E-state index contributed by atoms with van der Waals surface area (Å²) in [4.78, 5) is 5.75. The number of fused-ring (bicyclic) bond motifs is 1. The Morgan fingerprint density at radius 3 is 2.43 bits per heavy atom. The molecule has 0 spiro atoms. The van der Waals surface area contributed by atoms with Crippen LogP contribution in [0.4, 0.5) is 24.8 Å². The Morgan fingerprint density at radius 1 is 1.11 bits per heavy atom. The van der Waals surface area contributed by atoms with Crippen molar-refractivity contribution in [1.29, 1.82) is 10.5 Å². The van der Waals surface area contributed by atoms with E-state index in [2.05, 4.69) is 20.9 Å². The van der Waals surface area contributed by atoms with Crippen molar-refractivity contribution < 1.29 is 21.6 Å². The lowest BCUT2D eigenvalue weighted by Gasteiger charge is -2.34. The molecule has 9 nitrogen and oxygen atoms in total. The van der Waals surface area contributed by atoms with Crippen LogP contribution >= 0.6 is 0 Å². The van der Waals surface area contributed by atoms with Gasteiger partial charge in [0.25, 0.3) is 0 Å². The molecule has 1 aliphatic rings. The number of hydrogen-bond donors (Lipinski definition) is 2. The summed E-state index contributed by atoms with van der Waals surface area (Å²) in [7, 11) is -2.94. The van der Waals surface area contributed by atoms with Gasteiger partial charge in [0.15, 0.2) is 5.82 Å². The van der Waals surface area contributed by atoms with E-state index in [-0.39, 0.29) is 29.6 Å². The van der Waals surface area contributed by atoms with Gasteiger partial charge in [-0.2, -0.15) is 33.8 Å². The summed E-state index contributed by atoms with van der Waals surface area (Å²) in [5.74, 6) is 0.162. The van der Waals surface area contributed by atoms with Crippen molar-refractivity contribution in [2.24, 2.45) is 0 Å². The minimum atomic E-state index is -4.59. The van der Waals surface area contributed by atoms with E-state index in [0.717, 1.165) is 12.1 Å². The Kier molecular flexibility index (Phi) is 6.30. The number of aromatic nitrogens is 3. The summed E-state index contributed by atoms with van der Waals surface area (Å²) in [6.45, 7) is 1.33. The van der Waals surface area contributed by atoms with Gasteiger partial charge in [-0.15, -0.1) is 0 Å². The summed E-state index contributed by atoms with van der Waals surface area (Å²) in [5.41, 5.74) is 0.731. The Balaban J connectivity index is 1.93. The van der Waals surface area contributed by atoms with Crippen molar-refractivity contribution in [3.63, 3.8) is 0 Å². The van der Waals surface area contributed by atoms with Gasteiger partial charge < -0.3 is 0 Å². The van der Waals surface area contributed by atoms with Crippen LogP contribution < -0.4 is 9.62 Å². The number of hydrogen-bond acceptors (Lipinski definition) is 7. The molecule has 2 aromatic carbocycles. The van der Waals surface area contributed by atoms with E-state index in [4.69, 9.17) is 5.26 Å². The predicted molar refractivity (Wildman–Crippen MR) is 118 cm³/mol. The number of nitrogens with zero attached hydrogens (tertiary/aromatic N) is 6. The van der Waals surface area contributed by atoms with Gasteiger partial charge in [-0.3, -0.25) is 4.90 Å². The van der Waals surface area contributed by atoms with Crippen molar-refractivity contribution >= 4 is 22.5 Å². The summed E-state index contributed by atoms with van der Waals surface area (Å²) in [5, 5.41) is 23.5. The van der Waals surface area contributed by atoms with Crippen LogP contribution in [-0.4, -0.2) is 23.2 Å². The predicted octanol–water partition coefficient (Wildman–Crippen LogP) is 3.32. The highest BCUT2D eigenvalue weighted by atomic mass is 32.2. The molecule has 1 atom stereocenters. The summed E-state index contributed by atoms with van der Waals surface area (Å²) < 4.78 is 65.7. The monoisotopic (exact) mass is 499 g/mol. The second-order valence-corrected chi connectivity index (χ2v) is 8.33. The lowest BCUT2D eigenvalue weighted by molar-refractivity contribution is -0.137. The first kappa shape index (κ1) is 23.9. The maximum absolute atomic E-state index is 13.4. The van der Waals surface area contributed by atoms with E-state index in [1.807, 2.05) is 6.07 Å². The topological polar surface area (TPSA) is 128 Å². The largest absolute Gasteiger partial charge is 0.416 e. The van der Waals surface area contributed by atoms with Crippen molar-refractivity contribution in [3.8, 4) is 12.1 Å². The van der Waals surface area contributed by atoms with Crippen LogP contribution in [0.15, 0.2) is 59.8 Å². The number of allylic oxidation sites excluding steroid dienone is 2. The van der Waals surface area contributed by atoms with Gasteiger partial charge in [0.05, 0.1) is 35.4 Å². The van der Waals surface area contributed by atoms with E-state index in [1.54, 1.807) is 31.2 Å². The number of alkyl halides is 3. The quantitative estimate of drug-likeness (QED) is 0.516. The summed E-state index contributed by atoms with van der Waals surface area (Å²) in [6.07, 6.45) is -4.59. The van der Waals surface area contributed by atoms with Crippen LogP contribution in [0.1, 0.15) is 35.5 Å². The maximum Gasteiger partial charge on any atom is 0.416 e. The zero-order chi connectivity index (χ0) is 25.3. The van der Waals surface area contributed by atoms with Gasteiger partial charge in [0.2, 0.25) is 16.8 Å². The molecule has 3 aromatic rings. The van der Waals surface area contributed by atoms with Gasteiger partial charge in [0, 0.05) is 11.4 Å². The molecular weight excluding hydrogens is 483 g/mol. The van der Waals surface area contributed by atoms with Crippen molar-refractivity contribution in [3.05, 3.63) is 82.3 Å². The number of rotatable bonds is 5. The molecule has 35 heavy (non-hydrogen) atoms. The molecule has 1 aliphatic heterocycles. The van der Waals surface area contributed by atoms with Crippen LogP contribution in [0.2, 0.25) is 0 Å². The Morgan fingerprint density at radius 2 is 1.83 bits per heavy atom. The molecule has 0 fully saturated rings. The fourth-order valence-corrected chi connectivity index (χ4v) is 4.08. The van der Waals surface area contributed by atoms with Crippen LogP contribution in [-0.2, 0) is 23.6 Å². The molecule has 0 amide bonds. The SMILES string of the molecule is CC1=C(C#N)[C@@H](c2ccc(C#N)cc2)n2nc(CN[SH](=O)=O)nc2N1c1cccc(C(F)(F)F)c1. The number of benzene rings is 2. The molecule has 0 saturated heterocycles. The van der Waals surface area contributed by atoms with Gasteiger partial charge >= 0.3 is 6.18 Å². The average Bonchev–Trinajstić information content (AvgIpc) is 3.25. The minimum Gasteiger partial charge on any atom is -0.282 e. The summed E-state index contributed by atoms with van der Waals surface area (Å²) >= 11 is 0. The lowest BCUT2D eigenvalue weighted by Crippen LogP contribution is -2.31. The van der Waals surface area contributed by atoms with E-state index in [1.165, 1.54) is 21.7 Å². The van der Waals surface area contributed by atoms with E-state index in [9.17, 15) is 26.9 Å². The first-order chi connectivity index (χ1) is 16.6. The molecule has 0 bridgehead atoms. The van der Waals surface area contributed by atoms with Gasteiger partial charge in [-0.1, -0.05) is 18.2 Å². The third-order valence-corrected chi connectivity index (χ3v) is 5.79. The first-order valence-electron chi connectivity index (χ1n) is 10.1. The van der Waals surface area contributed by atoms with E-state index >= 15 is 0 Å². The van der Waals surface area contributed by atoms with Crippen molar-refractivity contribution in [2.45, 2.75) is 25.7 Å². The molecule has 0 saturated carbocycles. The molecule has 13 heteroatoms. The Hall–Kier alpha value is -4.20. The second kappa shape index (κ2) is 9.21. The molecule has 0 unspecified atom stereocenters. The van der Waals surface area contributed by atoms with Gasteiger partial charge in [0.1, 0.15) is 6.04 Å². The summed E-state index contributed by atoms with van der Waals surface area (Å²) in [6, 6.07) is 14.3. The number of thiol groups is 1. The molecule has 2 heterocycles. The molecule has 0 radical (unpaired) electrons. The highest BCUT2D eigenvalue weighted by Crippen LogP contribution is 2.43. The maximum atomic E-state index is 13.4. The molecule has 1 aromatic heterocycles. The lowest BCUT2D eigenvalue weighted by atomic mass is 9.95. The normalized spacial score (nSPS) is 15.6. The molecular formula is C22H16F3N7O2S. The van der Waals surface area contributed by atoms with Crippen LogP contribution in [0, 0.1) is 22.7 Å². The standard InChI is InChI=1S/C22H16F3N7O2S/c1-13-18(11-27)20(15-7-5-14(10-26)6-8-15)32-21(29-19(30-32)12-28-35(33)34)31(13)17-4-2-3-16(9-17)22(23,24)25/h2-9,20,35H,12H2,1H3,(H,28,33,34)/t20-/m1/s1. The highest BCUT2D eigenvalue weighted by Gasteiger charge is 2.37. The number of anilines is 2.